The predicted molar refractivity (Wildman–Crippen MR) is 52.5 cm³/mol. The number of carbonyl (C=O) groups is 2. The van der Waals surface area contributed by atoms with E-state index in [0.29, 0.717) is 6.61 Å². The van der Waals surface area contributed by atoms with Gasteiger partial charge in [-0.3, -0.25) is 9.59 Å². The zero-order valence-corrected chi connectivity index (χ0v) is 8.92. The highest BCUT2D eigenvalue weighted by Gasteiger charge is 2.20. The van der Waals surface area contributed by atoms with Crippen LogP contribution in [0.4, 0.5) is 0 Å². The topological polar surface area (TPSA) is 81.4 Å². The van der Waals surface area contributed by atoms with Gasteiger partial charge in [0.2, 0.25) is 5.91 Å². The lowest BCUT2D eigenvalue weighted by Crippen LogP contribution is -2.45. The number of ether oxygens (including phenoxy) is 1. The monoisotopic (exact) mass is 202 g/mol. The predicted octanol–water partition coefficient (Wildman–Crippen LogP) is -0.207. The average molecular weight is 202 g/mol. The lowest BCUT2D eigenvalue weighted by atomic mass is 10.0. The molecule has 0 saturated carbocycles. The molecule has 0 aliphatic rings. The van der Waals surface area contributed by atoms with Gasteiger partial charge in [0.1, 0.15) is 0 Å². The van der Waals surface area contributed by atoms with Gasteiger partial charge in [0.05, 0.1) is 13.2 Å². The molecule has 0 aromatic rings. The smallest absolute Gasteiger partial charge is 0.319 e. The number of amides is 1. The first kappa shape index (κ1) is 12.9. The lowest BCUT2D eigenvalue weighted by Gasteiger charge is -2.24. The number of hydrogen-bond donors (Lipinski definition) is 2. The number of esters is 1. The van der Waals surface area contributed by atoms with E-state index < -0.39 is 11.4 Å². The van der Waals surface area contributed by atoms with Crippen LogP contribution in [0, 0.1) is 0 Å². The van der Waals surface area contributed by atoms with Gasteiger partial charge in [-0.15, -0.1) is 0 Å². The molecule has 0 heterocycles. The van der Waals surface area contributed by atoms with Gasteiger partial charge in [-0.25, -0.2) is 0 Å². The zero-order chi connectivity index (χ0) is 11.2. The first-order valence-corrected chi connectivity index (χ1v) is 4.56. The van der Waals surface area contributed by atoms with E-state index in [4.69, 9.17) is 10.5 Å². The molecule has 0 unspecified atom stereocenters. The van der Waals surface area contributed by atoms with E-state index in [1.165, 1.54) is 0 Å². The Hall–Kier alpha value is -1.10. The summed E-state index contributed by atoms with van der Waals surface area (Å²) in [6.45, 7) is 5.80. The zero-order valence-electron chi connectivity index (χ0n) is 8.92. The number of rotatable bonds is 6. The molecule has 14 heavy (non-hydrogen) atoms. The first-order chi connectivity index (χ1) is 6.37. The van der Waals surface area contributed by atoms with Gasteiger partial charge in [0.15, 0.2) is 0 Å². The Balaban J connectivity index is 3.86. The van der Waals surface area contributed by atoms with Gasteiger partial charge >= 0.3 is 5.97 Å². The third-order valence-electron chi connectivity index (χ3n) is 1.63. The Kier molecular flexibility index (Phi) is 5.15. The average Bonchev–Trinajstić information content (AvgIpc) is 1.99. The summed E-state index contributed by atoms with van der Waals surface area (Å²) < 4.78 is 4.72. The molecule has 1 amide bonds. The summed E-state index contributed by atoms with van der Waals surface area (Å²) in [4.78, 5) is 21.6. The molecule has 0 bridgehead atoms. The molecule has 82 valence electrons. The van der Waals surface area contributed by atoms with Gasteiger partial charge in [0.25, 0.3) is 0 Å². The van der Waals surface area contributed by atoms with Crippen molar-refractivity contribution in [2.24, 2.45) is 5.73 Å². The number of nitrogens with two attached hydrogens (primary N) is 1. The van der Waals surface area contributed by atoms with Crippen molar-refractivity contribution < 1.29 is 14.3 Å². The second kappa shape index (κ2) is 5.59. The second-order valence-corrected chi connectivity index (χ2v) is 3.69. The van der Waals surface area contributed by atoms with Crippen molar-refractivity contribution in [3.63, 3.8) is 0 Å². The summed E-state index contributed by atoms with van der Waals surface area (Å²) in [7, 11) is 0. The molecule has 0 aromatic heterocycles. The second-order valence-electron chi connectivity index (χ2n) is 3.69. The van der Waals surface area contributed by atoms with Crippen LogP contribution in [0.1, 0.15) is 27.2 Å². The Morgan fingerprint density at radius 3 is 2.43 bits per heavy atom. The molecule has 0 rings (SSSR count). The molecular formula is C9H18N2O3. The highest BCUT2D eigenvalue weighted by Crippen LogP contribution is 2.06. The van der Waals surface area contributed by atoms with Crippen LogP contribution in [-0.4, -0.2) is 30.6 Å². The summed E-state index contributed by atoms with van der Waals surface area (Å²) in [5, 5.41) is 2.90. The Morgan fingerprint density at radius 2 is 2.00 bits per heavy atom. The van der Waals surface area contributed by atoms with E-state index in [9.17, 15) is 9.59 Å². The van der Waals surface area contributed by atoms with Crippen molar-refractivity contribution in [1.29, 1.82) is 0 Å². The maximum absolute atomic E-state index is 11.0. The molecule has 0 fully saturated rings. The Labute approximate surface area is 84.0 Å². The van der Waals surface area contributed by atoms with Gasteiger partial charge in [-0.1, -0.05) is 0 Å². The SMILES string of the molecule is CCOC(=O)CNC(C)(C)CC(N)=O. The summed E-state index contributed by atoms with van der Waals surface area (Å²) in [5.41, 5.74) is 4.57. The Morgan fingerprint density at radius 1 is 1.43 bits per heavy atom. The minimum Gasteiger partial charge on any atom is -0.465 e. The molecule has 5 heteroatoms. The maximum Gasteiger partial charge on any atom is 0.319 e. The minimum absolute atomic E-state index is 0.0914. The van der Waals surface area contributed by atoms with Crippen LogP contribution in [-0.2, 0) is 14.3 Å². The quantitative estimate of drug-likeness (QED) is 0.584. The van der Waals surface area contributed by atoms with E-state index in [2.05, 4.69) is 5.32 Å². The van der Waals surface area contributed by atoms with Crippen LogP contribution in [0.3, 0.4) is 0 Å². The largest absolute Gasteiger partial charge is 0.465 e. The first-order valence-electron chi connectivity index (χ1n) is 4.56. The van der Waals surface area contributed by atoms with E-state index in [1.54, 1.807) is 20.8 Å². The molecule has 5 nitrogen and oxygen atoms in total. The summed E-state index contributed by atoms with van der Waals surface area (Å²) in [6.07, 6.45) is 0.187. The molecule has 0 aliphatic carbocycles. The van der Waals surface area contributed by atoms with Crippen molar-refractivity contribution in [2.45, 2.75) is 32.7 Å². The fraction of sp³-hybridized carbons (Fsp3) is 0.778. The van der Waals surface area contributed by atoms with Gasteiger partial charge in [0, 0.05) is 12.0 Å². The number of nitrogens with one attached hydrogen (secondary N) is 1. The van der Waals surface area contributed by atoms with Gasteiger partial charge in [-0.2, -0.15) is 0 Å². The minimum atomic E-state index is -0.474. The Bertz CT molecular complexity index is 214. The molecular weight excluding hydrogens is 184 g/mol. The number of carbonyl (C=O) groups excluding carboxylic acids is 2. The van der Waals surface area contributed by atoms with Crippen molar-refractivity contribution in [2.75, 3.05) is 13.2 Å². The van der Waals surface area contributed by atoms with E-state index in [-0.39, 0.29) is 18.9 Å². The molecule has 0 aliphatic heterocycles. The van der Waals surface area contributed by atoms with Gasteiger partial charge < -0.3 is 15.8 Å². The molecule has 0 aromatic carbocycles. The third kappa shape index (κ3) is 6.42. The fourth-order valence-electron chi connectivity index (χ4n) is 1.02. The summed E-state index contributed by atoms with van der Waals surface area (Å²) >= 11 is 0. The van der Waals surface area contributed by atoms with Crippen LogP contribution in [0.5, 0.6) is 0 Å². The van der Waals surface area contributed by atoms with Crippen molar-refractivity contribution in [3.05, 3.63) is 0 Å². The number of primary amides is 1. The van der Waals surface area contributed by atoms with Crippen LogP contribution in [0.2, 0.25) is 0 Å². The lowest BCUT2D eigenvalue weighted by molar-refractivity contribution is -0.142. The van der Waals surface area contributed by atoms with Crippen LogP contribution in [0.25, 0.3) is 0 Å². The van der Waals surface area contributed by atoms with E-state index >= 15 is 0 Å². The standard InChI is InChI=1S/C9H18N2O3/c1-4-14-8(13)6-11-9(2,3)5-7(10)12/h11H,4-6H2,1-3H3,(H2,10,12). The van der Waals surface area contributed by atoms with E-state index in [1.807, 2.05) is 0 Å². The molecule has 0 saturated heterocycles. The maximum atomic E-state index is 11.0. The molecule has 0 radical (unpaired) electrons. The van der Waals surface area contributed by atoms with Crippen molar-refractivity contribution in [1.82, 2.24) is 5.32 Å². The third-order valence-corrected chi connectivity index (χ3v) is 1.63. The van der Waals surface area contributed by atoms with Crippen molar-refractivity contribution >= 4 is 11.9 Å². The van der Waals surface area contributed by atoms with Gasteiger partial charge in [-0.05, 0) is 20.8 Å². The summed E-state index contributed by atoms with van der Waals surface area (Å²) in [6, 6.07) is 0. The van der Waals surface area contributed by atoms with Crippen LogP contribution >= 0.6 is 0 Å². The fourth-order valence-corrected chi connectivity index (χ4v) is 1.02. The van der Waals surface area contributed by atoms with Crippen LogP contribution < -0.4 is 11.1 Å². The molecule has 0 spiro atoms. The number of hydrogen-bond acceptors (Lipinski definition) is 4. The molecule has 0 atom stereocenters. The molecule has 3 N–H and O–H groups in total. The highest BCUT2D eigenvalue weighted by molar-refractivity contribution is 5.75. The van der Waals surface area contributed by atoms with Crippen LogP contribution in [0.15, 0.2) is 0 Å². The normalized spacial score (nSPS) is 11.1. The van der Waals surface area contributed by atoms with E-state index in [0.717, 1.165) is 0 Å². The van der Waals surface area contributed by atoms with Crippen molar-refractivity contribution in [3.8, 4) is 0 Å². The highest BCUT2D eigenvalue weighted by atomic mass is 16.5. The summed E-state index contributed by atoms with van der Waals surface area (Å²) in [5.74, 6) is -0.726.